The molecule has 0 bridgehead atoms. The minimum atomic E-state index is -3.70. The van der Waals surface area contributed by atoms with Gasteiger partial charge in [-0.2, -0.15) is 8.42 Å². The molecule has 7 nitrogen and oxygen atoms in total. The van der Waals surface area contributed by atoms with E-state index < -0.39 is 34.9 Å². The summed E-state index contributed by atoms with van der Waals surface area (Å²) in [7, 11) is -3.70. The van der Waals surface area contributed by atoms with Crippen LogP contribution in [-0.2, 0) is 19.7 Å². The summed E-state index contributed by atoms with van der Waals surface area (Å²) in [5.41, 5.74) is 0. The van der Waals surface area contributed by atoms with Crippen molar-refractivity contribution >= 4 is 22.1 Å². The first-order valence-electron chi connectivity index (χ1n) is 5.04. The molecule has 0 fully saturated rings. The topological polar surface area (TPSA) is 135 Å². The predicted molar refractivity (Wildman–Crippen MR) is 55.2 cm³/mol. The Kier molecular flexibility index (Phi) is 25.0. The van der Waals surface area contributed by atoms with Crippen LogP contribution in [0.3, 0.4) is 0 Å². The zero-order chi connectivity index (χ0) is 13.9. The van der Waals surface area contributed by atoms with Crippen molar-refractivity contribution < 1.29 is 91.9 Å². The Morgan fingerprint density at radius 1 is 1.00 bits per heavy atom. The van der Waals surface area contributed by atoms with E-state index >= 15 is 0 Å². The molecule has 0 aliphatic heterocycles. The van der Waals surface area contributed by atoms with Crippen molar-refractivity contribution in [3.63, 3.8) is 0 Å². The van der Waals surface area contributed by atoms with Crippen molar-refractivity contribution in [2.24, 2.45) is 0 Å². The Morgan fingerprint density at radius 2 is 1.37 bits per heavy atom. The van der Waals surface area contributed by atoms with Crippen LogP contribution in [-0.4, -0.2) is 30.7 Å². The summed E-state index contributed by atoms with van der Waals surface area (Å²) in [4.78, 5) is 19.0. The van der Waals surface area contributed by atoms with Gasteiger partial charge in [0.15, 0.2) is 0 Å². The fourth-order valence-electron chi connectivity index (χ4n) is 0.739. The van der Waals surface area contributed by atoms with Crippen molar-refractivity contribution in [2.45, 2.75) is 39.0 Å². The van der Waals surface area contributed by atoms with Crippen molar-refractivity contribution in [1.29, 1.82) is 0 Å². The first-order valence-corrected chi connectivity index (χ1v) is 6.64. The molecule has 0 heterocycles. The van der Waals surface area contributed by atoms with Gasteiger partial charge in [0.1, 0.15) is 0 Å². The third-order valence-corrected chi connectivity index (χ3v) is 2.34. The van der Waals surface area contributed by atoms with Gasteiger partial charge in [-0.25, -0.2) is 0 Å². The van der Waals surface area contributed by atoms with E-state index in [9.17, 15) is 28.2 Å². The van der Waals surface area contributed by atoms with E-state index in [1.165, 1.54) is 0 Å². The van der Waals surface area contributed by atoms with E-state index in [2.05, 4.69) is 0 Å². The number of aliphatic carboxylic acids is 2. The number of hydrogen-bond donors (Lipinski definition) is 1. The molecule has 0 unspecified atom stereocenters. The second kappa shape index (κ2) is 16.9. The minimum Gasteiger partial charge on any atom is -0.550 e. The van der Waals surface area contributed by atoms with Crippen LogP contribution in [0, 0.1) is 0 Å². The Hall–Kier alpha value is 0.850. The van der Waals surface area contributed by atoms with E-state index in [1.807, 2.05) is 6.92 Å². The molecule has 0 aliphatic carbocycles. The van der Waals surface area contributed by atoms with E-state index in [4.69, 9.17) is 4.55 Å². The molecule has 0 aliphatic rings. The quantitative estimate of drug-likeness (QED) is 0.280. The molecular weight excluding hydrogens is 298 g/mol. The SMILES string of the molecule is CCCCCS(=O)(=O)O.O=C([O-])CCC(=O)[O-].[Na+].[Na+]. The normalized spacial score (nSPS) is 9.16. The van der Waals surface area contributed by atoms with Gasteiger partial charge >= 0.3 is 59.1 Å². The van der Waals surface area contributed by atoms with Crippen molar-refractivity contribution in [1.82, 2.24) is 0 Å². The van der Waals surface area contributed by atoms with Gasteiger partial charge in [0, 0.05) is 11.9 Å². The van der Waals surface area contributed by atoms with Gasteiger partial charge in [-0.1, -0.05) is 19.8 Å². The average Bonchev–Trinajstić information content (AvgIpc) is 2.14. The fourth-order valence-corrected chi connectivity index (χ4v) is 1.31. The van der Waals surface area contributed by atoms with Crippen LogP contribution in [0.4, 0.5) is 0 Å². The van der Waals surface area contributed by atoms with Crippen LogP contribution >= 0.6 is 0 Å². The molecule has 0 saturated heterocycles. The molecule has 0 spiro atoms. The van der Waals surface area contributed by atoms with Gasteiger partial charge in [-0.15, -0.1) is 0 Å². The number of carboxylic acid groups (broad SMARTS) is 2. The van der Waals surface area contributed by atoms with E-state index in [1.54, 1.807) is 0 Å². The Balaban J connectivity index is -0.000000108. The second-order valence-corrected chi connectivity index (χ2v) is 4.81. The van der Waals surface area contributed by atoms with E-state index in [0.29, 0.717) is 6.42 Å². The van der Waals surface area contributed by atoms with Gasteiger partial charge in [-0.3, -0.25) is 4.55 Å². The third kappa shape index (κ3) is 38.1. The number of carboxylic acids is 2. The van der Waals surface area contributed by atoms with Gasteiger partial charge in [0.25, 0.3) is 10.1 Å². The van der Waals surface area contributed by atoms with Gasteiger partial charge in [-0.05, 0) is 19.3 Å². The number of carbonyl (C=O) groups excluding carboxylic acids is 2. The second-order valence-electron chi connectivity index (χ2n) is 3.24. The van der Waals surface area contributed by atoms with Crippen molar-refractivity contribution in [3.8, 4) is 0 Å². The van der Waals surface area contributed by atoms with Crippen molar-refractivity contribution in [3.05, 3.63) is 0 Å². The summed E-state index contributed by atoms with van der Waals surface area (Å²) in [5.74, 6) is -2.83. The maximum atomic E-state index is 10.1. The zero-order valence-corrected chi connectivity index (χ0v) is 16.4. The maximum absolute atomic E-state index is 10.1. The van der Waals surface area contributed by atoms with Gasteiger partial charge in [0.2, 0.25) is 0 Å². The van der Waals surface area contributed by atoms with E-state index in [-0.39, 0.29) is 64.9 Å². The van der Waals surface area contributed by atoms with Crippen molar-refractivity contribution in [2.75, 3.05) is 5.75 Å². The summed E-state index contributed by atoms with van der Waals surface area (Å²) in [6.45, 7) is 1.98. The van der Waals surface area contributed by atoms with Gasteiger partial charge in [0.05, 0.1) is 5.75 Å². The summed E-state index contributed by atoms with van der Waals surface area (Å²) in [5, 5.41) is 19.0. The molecule has 0 aromatic carbocycles. The maximum Gasteiger partial charge on any atom is 1.00 e. The molecule has 0 rings (SSSR count). The number of unbranched alkanes of at least 4 members (excludes halogenated alkanes) is 2. The smallest absolute Gasteiger partial charge is 0.550 e. The fraction of sp³-hybridized carbons (Fsp3) is 0.778. The van der Waals surface area contributed by atoms with Crippen LogP contribution in [0.15, 0.2) is 0 Å². The minimum absolute atomic E-state index is 0. The third-order valence-electron chi connectivity index (χ3n) is 1.54. The molecule has 10 heteroatoms. The van der Waals surface area contributed by atoms with Gasteiger partial charge < -0.3 is 19.8 Å². The van der Waals surface area contributed by atoms with Crippen LogP contribution < -0.4 is 69.3 Å². The zero-order valence-electron chi connectivity index (χ0n) is 11.5. The summed E-state index contributed by atoms with van der Waals surface area (Å²) < 4.78 is 28.3. The molecule has 0 aromatic heterocycles. The largest absolute Gasteiger partial charge is 1.00 e. The Morgan fingerprint density at radius 3 is 1.58 bits per heavy atom. The molecule has 0 amide bonds. The number of carbonyl (C=O) groups is 2. The molecule has 0 radical (unpaired) electrons. The van der Waals surface area contributed by atoms with E-state index in [0.717, 1.165) is 12.8 Å². The molecule has 0 saturated carbocycles. The molecule has 0 atom stereocenters. The molecule has 1 N–H and O–H groups in total. The summed E-state index contributed by atoms with van der Waals surface area (Å²) in [6, 6.07) is 0. The molecule has 0 aromatic rings. The summed E-state index contributed by atoms with van der Waals surface area (Å²) >= 11 is 0. The number of rotatable bonds is 7. The van der Waals surface area contributed by atoms with Crippen LogP contribution in [0.25, 0.3) is 0 Å². The monoisotopic (exact) mass is 314 g/mol. The standard InChI is InChI=1S/C5H12O3S.C4H6O4.2Na/c1-2-3-4-5-9(6,7)8;5-3(6)1-2-4(7)8;;/h2-5H2,1H3,(H,6,7,8);1-2H2,(H,5,6)(H,7,8);;/q;;2*+1/p-2. The summed E-state index contributed by atoms with van der Waals surface area (Å²) in [6.07, 6.45) is 1.45. The van der Waals surface area contributed by atoms with Crippen LogP contribution in [0.1, 0.15) is 39.0 Å². The first kappa shape index (κ1) is 28.1. The van der Waals surface area contributed by atoms with Crippen LogP contribution in [0.5, 0.6) is 0 Å². The molecule has 19 heavy (non-hydrogen) atoms. The Labute approximate surface area is 157 Å². The predicted octanol–water partition coefficient (Wildman–Crippen LogP) is -7.66. The number of hydrogen-bond acceptors (Lipinski definition) is 6. The first-order chi connectivity index (χ1) is 7.69. The Bertz CT molecular complexity index is 315. The average molecular weight is 314 g/mol. The molecular formula is C9H16Na2O7S. The molecule has 102 valence electrons. The van der Waals surface area contributed by atoms with Crippen LogP contribution in [0.2, 0.25) is 0 Å².